The molecular formula is C8H8N4OS2. The van der Waals surface area contributed by atoms with Crippen molar-refractivity contribution in [2.45, 2.75) is 10.2 Å². The van der Waals surface area contributed by atoms with Crippen molar-refractivity contribution in [2.24, 2.45) is 0 Å². The van der Waals surface area contributed by atoms with Gasteiger partial charge in [-0.25, -0.2) is 15.1 Å². The summed E-state index contributed by atoms with van der Waals surface area (Å²) < 4.78 is 0. The van der Waals surface area contributed by atoms with Gasteiger partial charge in [-0.3, -0.25) is 4.79 Å². The Balaban J connectivity index is 2.87. The number of H-pyrrole nitrogens is 1. The lowest BCUT2D eigenvalue weighted by Gasteiger charge is -2.02. The highest BCUT2D eigenvalue weighted by molar-refractivity contribution is 7.99. The fourth-order valence-electron chi connectivity index (χ4n) is 1.17. The van der Waals surface area contributed by atoms with Crippen molar-refractivity contribution in [3.8, 4) is 0 Å². The Bertz CT molecular complexity index is 554. The SMILES string of the molecule is CSc1nc(SC)c2cn[nH]c(=O)c2n1. The number of hydrogen-bond donors (Lipinski definition) is 1. The van der Waals surface area contributed by atoms with Crippen molar-refractivity contribution in [1.29, 1.82) is 0 Å². The largest absolute Gasteiger partial charge is 0.290 e. The van der Waals surface area contributed by atoms with Crippen molar-refractivity contribution in [3.05, 3.63) is 16.6 Å². The smallest absolute Gasteiger partial charge is 0.266 e. The highest BCUT2D eigenvalue weighted by Crippen LogP contribution is 2.22. The molecule has 0 bridgehead atoms. The second-order valence-corrected chi connectivity index (χ2v) is 4.25. The Hall–Kier alpha value is -1.08. The van der Waals surface area contributed by atoms with E-state index in [4.69, 9.17) is 0 Å². The van der Waals surface area contributed by atoms with Crippen LogP contribution in [0.4, 0.5) is 0 Å². The number of rotatable bonds is 2. The molecule has 1 N–H and O–H groups in total. The van der Waals surface area contributed by atoms with Gasteiger partial charge in [-0.05, 0) is 12.5 Å². The highest BCUT2D eigenvalue weighted by Gasteiger charge is 2.09. The third kappa shape index (κ3) is 1.84. The summed E-state index contributed by atoms with van der Waals surface area (Å²) in [6.45, 7) is 0. The van der Waals surface area contributed by atoms with E-state index in [1.54, 1.807) is 6.20 Å². The molecule has 0 radical (unpaired) electrons. The maximum Gasteiger partial charge on any atom is 0.290 e. The molecule has 2 heterocycles. The number of fused-ring (bicyclic) bond motifs is 1. The van der Waals surface area contributed by atoms with Crippen LogP contribution in [0.1, 0.15) is 0 Å². The van der Waals surface area contributed by atoms with E-state index in [0.29, 0.717) is 16.1 Å². The molecule has 2 aromatic heterocycles. The molecule has 2 aromatic rings. The fraction of sp³-hybridized carbons (Fsp3) is 0.250. The van der Waals surface area contributed by atoms with Crippen LogP contribution in [-0.4, -0.2) is 32.7 Å². The first-order valence-corrected chi connectivity index (χ1v) is 6.54. The van der Waals surface area contributed by atoms with E-state index >= 15 is 0 Å². The van der Waals surface area contributed by atoms with Crippen molar-refractivity contribution in [1.82, 2.24) is 20.2 Å². The van der Waals surface area contributed by atoms with Gasteiger partial charge in [-0.2, -0.15) is 5.10 Å². The van der Waals surface area contributed by atoms with Crippen LogP contribution in [-0.2, 0) is 0 Å². The molecule has 15 heavy (non-hydrogen) atoms. The monoisotopic (exact) mass is 240 g/mol. The predicted molar refractivity (Wildman–Crippen MR) is 61.5 cm³/mol. The molecule has 0 unspecified atom stereocenters. The van der Waals surface area contributed by atoms with Crippen LogP contribution in [0.15, 0.2) is 21.2 Å². The first-order chi connectivity index (χ1) is 7.26. The van der Waals surface area contributed by atoms with Gasteiger partial charge in [0.2, 0.25) is 0 Å². The average Bonchev–Trinajstić information content (AvgIpc) is 2.28. The van der Waals surface area contributed by atoms with Gasteiger partial charge in [-0.1, -0.05) is 11.8 Å². The lowest BCUT2D eigenvalue weighted by molar-refractivity contribution is 0.907. The van der Waals surface area contributed by atoms with Crippen LogP contribution >= 0.6 is 23.5 Å². The number of nitrogens with one attached hydrogen (secondary N) is 1. The van der Waals surface area contributed by atoms with Gasteiger partial charge in [0.1, 0.15) is 10.5 Å². The number of thioether (sulfide) groups is 2. The minimum absolute atomic E-state index is 0.277. The molecule has 5 nitrogen and oxygen atoms in total. The zero-order valence-corrected chi connectivity index (χ0v) is 9.78. The number of aromatic nitrogens is 4. The molecule has 0 amide bonds. The second-order valence-electron chi connectivity index (χ2n) is 2.68. The molecule has 0 spiro atoms. The van der Waals surface area contributed by atoms with E-state index < -0.39 is 0 Å². The first-order valence-electron chi connectivity index (χ1n) is 4.09. The van der Waals surface area contributed by atoms with Crippen LogP contribution in [0.25, 0.3) is 10.9 Å². The second kappa shape index (κ2) is 4.19. The molecule has 0 aliphatic rings. The van der Waals surface area contributed by atoms with Gasteiger partial charge in [0.15, 0.2) is 5.16 Å². The van der Waals surface area contributed by atoms with Gasteiger partial charge in [-0.15, -0.1) is 11.8 Å². The van der Waals surface area contributed by atoms with Crippen molar-refractivity contribution >= 4 is 34.4 Å². The summed E-state index contributed by atoms with van der Waals surface area (Å²) >= 11 is 2.89. The average molecular weight is 240 g/mol. The standard InChI is InChI=1S/C8H8N4OS2/c1-14-7-4-3-9-12-6(13)5(4)10-8(11-7)15-2/h3H,1-2H3,(H,12,13). The predicted octanol–water partition coefficient (Wildman–Crippen LogP) is 1.16. The summed E-state index contributed by atoms with van der Waals surface area (Å²) in [5.41, 5.74) is 0.120. The highest BCUT2D eigenvalue weighted by atomic mass is 32.2. The van der Waals surface area contributed by atoms with E-state index in [0.717, 1.165) is 5.03 Å². The number of aromatic amines is 1. The maximum absolute atomic E-state index is 11.5. The van der Waals surface area contributed by atoms with Gasteiger partial charge in [0, 0.05) is 0 Å². The molecule has 2 rings (SSSR count). The Morgan fingerprint density at radius 1 is 1.27 bits per heavy atom. The molecule has 0 saturated carbocycles. The van der Waals surface area contributed by atoms with Crippen LogP contribution in [0.5, 0.6) is 0 Å². The van der Waals surface area contributed by atoms with E-state index in [-0.39, 0.29) is 5.56 Å². The van der Waals surface area contributed by atoms with E-state index in [1.165, 1.54) is 23.5 Å². The quantitative estimate of drug-likeness (QED) is 0.482. The van der Waals surface area contributed by atoms with Crippen LogP contribution in [0.2, 0.25) is 0 Å². The summed E-state index contributed by atoms with van der Waals surface area (Å²) in [6, 6.07) is 0. The summed E-state index contributed by atoms with van der Waals surface area (Å²) in [5, 5.41) is 8.18. The minimum Gasteiger partial charge on any atom is -0.266 e. The molecule has 0 atom stereocenters. The van der Waals surface area contributed by atoms with E-state index in [2.05, 4.69) is 20.2 Å². The zero-order valence-electron chi connectivity index (χ0n) is 8.14. The van der Waals surface area contributed by atoms with Crippen molar-refractivity contribution in [3.63, 3.8) is 0 Å². The first kappa shape index (κ1) is 10.4. The van der Waals surface area contributed by atoms with E-state index in [1.807, 2.05) is 12.5 Å². The summed E-state index contributed by atoms with van der Waals surface area (Å²) in [7, 11) is 0. The topological polar surface area (TPSA) is 71.5 Å². The number of hydrogen-bond acceptors (Lipinski definition) is 6. The molecule has 0 aliphatic carbocycles. The van der Waals surface area contributed by atoms with Crippen molar-refractivity contribution < 1.29 is 0 Å². The molecule has 7 heteroatoms. The minimum atomic E-state index is -0.277. The van der Waals surface area contributed by atoms with Gasteiger partial charge < -0.3 is 0 Å². The van der Waals surface area contributed by atoms with Crippen LogP contribution < -0.4 is 5.56 Å². The van der Waals surface area contributed by atoms with Gasteiger partial charge in [0.25, 0.3) is 5.56 Å². The summed E-state index contributed by atoms with van der Waals surface area (Å²) in [6.07, 6.45) is 5.36. The molecule has 0 fully saturated rings. The lowest BCUT2D eigenvalue weighted by Crippen LogP contribution is -2.10. The Morgan fingerprint density at radius 3 is 2.73 bits per heavy atom. The third-order valence-corrected chi connectivity index (χ3v) is 3.09. The fourth-order valence-corrected chi connectivity index (χ4v) is 2.14. The summed E-state index contributed by atoms with van der Waals surface area (Å²) in [4.78, 5) is 19.9. The zero-order chi connectivity index (χ0) is 10.8. The van der Waals surface area contributed by atoms with Crippen LogP contribution in [0, 0.1) is 0 Å². The third-order valence-electron chi connectivity index (χ3n) is 1.84. The summed E-state index contributed by atoms with van der Waals surface area (Å²) in [5.74, 6) is 0. The maximum atomic E-state index is 11.5. The molecule has 0 aliphatic heterocycles. The van der Waals surface area contributed by atoms with Crippen molar-refractivity contribution in [2.75, 3.05) is 12.5 Å². The lowest BCUT2D eigenvalue weighted by atomic mass is 10.3. The Morgan fingerprint density at radius 2 is 2.07 bits per heavy atom. The molecule has 0 aromatic carbocycles. The number of nitrogens with zero attached hydrogens (tertiary/aromatic N) is 3. The molecular weight excluding hydrogens is 232 g/mol. The molecule has 78 valence electrons. The van der Waals surface area contributed by atoms with Gasteiger partial charge >= 0.3 is 0 Å². The Kier molecular flexibility index (Phi) is 2.92. The molecule has 0 saturated heterocycles. The normalized spacial score (nSPS) is 10.8. The van der Waals surface area contributed by atoms with Crippen LogP contribution in [0.3, 0.4) is 0 Å². The Labute approximate surface area is 94.1 Å². The van der Waals surface area contributed by atoms with E-state index in [9.17, 15) is 4.79 Å². The van der Waals surface area contributed by atoms with Gasteiger partial charge in [0.05, 0.1) is 11.6 Å².